The van der Waals surface area contributed by atoms with Crippen LogP contribution in [0.3, 0.4) is 0 Å². The second-order valence-electron chi connectivity index (χ2n) is 3.33. The zero-order valence-corrected chi connectivity index (χ0v) is 8.99. The highest BCUT2D eigenvalue weighted by Crippen LogP contribution is 2.05. The van der Waals surface area contributed by atoms with Crippen molar-refractivity contribution in [2.75, 3.05) is 13.7 Å². The molecule has 0 aliphatic rings. The first kappa shape index (κ1) is 11.7. The number of nitrogens with zero attached hydrogens (tertiary/aromatic N) is 1. The van der Waals surface area contributed by atoms with Crippen molar-refractivity contribution in [3.05, 3.63) is 35.4 Å². The molecule has 1 rings (SSSR count). The fraction of sp³-hybridized carbons (Fsp3) is 0.417. The Balaban J connectivity index is 2.33. The standard InChI is InChI=1S/C12H16N2O/c1-15-10-12-5-3-11(4-6-12)9-14-8-2-7-13/h3-6,14H,2,8-10H2,1H3. The van der Waals surface area contributed by atoms with Crippen LogP contribution in [0, 0.1) is 11.3 Å². The van der Waals surface area contributed by atoms with Crippen molar-refractivity contribution in [1.29, 1.82) is 5.26 Å². The summed E-state index contributed by atoms with van der Waals surface area (Å²) in [4.78, 5) is 0. The molecule has 0 amide bonds. The van der Waals surface area contributed by atoms with Gasteiger partial charge in [-0.05, 0) is 11.1 Å². The van der Waals surface area contributed by atoms with Crippen LogP contribution in [0.25, 0.3) is 0 Å². The Bertz CT molecular complexity index is 313. The van der Waals surface area contributed by atoms with Crippen LogP contribution in [0.2, 0.25) is 0 Å². The maximum Gasteiger partial charge on any atom is 0.0713 e. The quantitative estimate of drug-likeness (QED) is 0.719. The molecule has 0 aliphatic carbocycles. The van der Waals surface area contributed by atoms with Gasteiger partial charge in [-0.2, -0.15) is 5.26 Å². The summed E-state index contributed by atoms with van der Waals surface area (Å²) >= 11 is 0. The van der Waals surface area contributed by atoms with E-state index in [0.29, 0.717) is 13.0 Å². The highest BCUT2D eigenvalue weighted by Gasteiger charge is 1.94. The van der Waals surface area contributed by atoms with Gasteiger partial charge in [-0.1, -0.05) is 24.3 Å². The van der Waals surface area contributed by atoms with E-state index in [4.69, 9.17) is 10.00 Å². The van der Waals surface area contributed by atoms with Crippen LogP contribution in [0.1, 0.15) is 17.5 Å². The molecule has 15 heavy (non-hydrogen) atoms. The molecular formula is C12H16N2O. The third-order valence-electron chi connectivity index (χ3n) is 2.08. The zero-order chi connectivity index (χ0) is 10.9. The van der Waals surface area contributed by atoms with Crippen molar-refractivity contribution >= 4 is 0 Å². The Morgan fingerprint density at radius 1 is 1.27 bits per heavy atom. The normalized spacial score (nSPS) is 9.87. The maximum absolute atomic E-state index is 8.36. The molecule has 0 unspecified atom stereocenters. The molecule has 0 saturated carbocycles. The lowest BCUT2D eigenvalue weighted by atomic mass is 10.1. The molecule has 80 valence electrons. The second-order valence-corrected chi connectivity index (χ2v) is 3.33. The van der Waals surface area contributed by atoms with E-state index in [1.165, 1.54) is 11.1 Å². The monoisotopic (exact) mass is 204 g/mol. The smallest absolute Gasteiger partial charge is 0.0713 e. The van der Waals surface area contributed by atoms with Gasteiger partial charge in [0, 0.05) is 26.6 Å². The molecule has 0 fully saturated rings. The zero-order valence-electron chi connectivity index (χ0n) is 8.99. The first-order valence-corrected chi connectivity index (χ1v) is 5.01. The SMILES string of the molecule is COCc1ccc(CNCCC#N)cc1. The molecule has 1 N–H and O–H groups in total. The van der Waals surface area contributed by atoms with Crippen molar-refractivity contribution in [2.24, 2.45) is 0 Å². The summed E-state index contributed by atoms with van der Waals surface area (Å²) in [5, 5.41) is 11.6. The number of rotatable bonds is 6. The van der Waals surface area contributed by atoms with Crippen LogP contribution in [-0.2, 0) is 17.9 Å². The Hall–Kier alpha value is -1.37. The minimum Gasteiger partial charge on any atom is -0.380 e. The predicted molar refractivity (Wildman–Crippen MR) is 59.1 cm³/mol. The van der Waals surface area contributed by atoms with Crippen molar-refractivity contribution in [3.8, 4) is 6.07 Å². The Morgan fingerprint density at radius 2 is 1.93 bits per heavy atom. The molecule has 0 atom stereocenters. The van der Waals surface area contributed by atoms with Gasteiger partial charge in [0.15, 0.2) is 0 Å². The van der Waals surface area contributed by atoms with E-state index >= 15 is 0 Å². The highest BCUT2D eigenvalue weighted by atomic mass is 16.5. The third kappa shape index (κ3) is 4.59. The summed E-state index contributed by atoms with van der Waals surface area (Å²) < 4.78 is 5.03. The first-order valence-electron chi connectivity index (χ1n) is 5.01. The summed E-state index contributed by atoms with van der Waals surface area (Å²) in [6, 6.07) is 10.4. The summed E-state index contributed by atoms with van der Waals surface area (Å²) in [6.45, 7) is 2.22. The summed E-state index contributed by atoms with van der Waals surface area (Å²) in [7, 11) is 1.69. The first-order chi connectivity index (χ1) is 7.36. The lowest BCUT2D eigenvalue weighted by Gasteiger charge is -2.04. The summed E-state index contributed by atoms with van der Waals surface area (Å²) in [6.07, 6.45) is 0.557. The number of hydrogen-bond donors (Lipinski definition) is 1. The van der Waals surface area contributed by atoms with Crippen LogP contribution in [-0.4, -0.2) is 13.7 Å². The molecule has 0 heterocycles. The van der Waals surface area contributed by atoms with Crippen molar-refractivity contribution < 1.29 is 4.74 Å². The molecule has 3 heteroatoms. The number of hydrogen-bond acceptors (Lipinski definition) is 3. The molecule has 1 aromatic carbocycles. The van der Waals surface area contributed by atoms with Gasteiger partial charge >= 0.3 is 0 Å². The van der Waals surface area contributed by atoms with E-state index in [1.807, 2.05) is 0 Å². The van der Waals surface area contributed by atoms with Gasteiger partial charge < -0.3 is 10.1 Å². The third-order valence-corrected chi connectivity index (χ3v) is 2.08. The largest absolute Gasteiger partial charge is 0.380 e. The van der Waals surface area contributed by atoms with Gasteiger partial charge in [0.2, 0.25) is 0 Å². The molecule has 0 bridgehead atoms. The fourth-order valence-electron chi connectivity index (χ4n) is 1.30. The van der Waals surface area contributed by atoms with E-state index in [1.54, 1.807) is 7.11 Å². The lowest BCUT2D eigenvalue weighted by molar-refractivity contribution is 0.185. The van der Waals surface area contributed by atoms with Gasteiger partial charge in [0.1, 0.15) is 0 Å². The molecule has 0 aromatic heterocycles. The van der Waals surface area contributed by atoms with Gasteiger partial charge in [0.25, 0.3) is 0 Å². The molecule has 0 saturated heterocycles. The van der Waals surface area contributed by atoms with Crippen LogP contribution in [0.5, 0.6) is 0 Å². The Labute approximate surface area is 90.7 Å². The minimum atomic E-state index is 0.557. The van der Waals surface area contributed by atoms with Gasteiger partial charge in [-0.15, -0.1) is 0 Å². The van der Waals surface area contributed by atoms with E-state index in [9.17, 15) is 0 Å². The predicted octanol–water partition coefficient (Wildman–Crippen LogP) is 1.84. The van der Waals surface area contributed by atoms with Crippen molar-refractivity contribution in [2.45, 2.75) is 19.6 Å². The van der Waals surface area contributed by atoms with E-state index in [-0.39, 0.29) is 0 Å². The average Bonchev–Trinajstić information content (AvgIpc) is 2.27. The van der Waals surface area contributed by atoms with Crippen LogP contribution in [0.15, 0.2) is 24.3 Å². The van der Waals surface area contributed by atoms with Gasteiger partial charge in [-0.3, -0.25) is 0 Å². The topological polar surface area (TPSA) is 45.0 Å². The number of benzene rings is 1. The Kier molecular flexibility index (Phi) is 5.46. The Morgan fingerprint density at radius 3 is 2.53 bits per heavy atom. The molecule has 0 radical (unpaired) electrons. The number of nitriles is 1. The highest BCUT2D eigenvalue weighted by molar-refractivity contribution is 5.21. The lowest BCUT2D eigenvalue weighted by Crippen LogP contribution is -2.14. The van der Waals surface area contributed by atoms with E-state index in [2.05, 4.69) is 35.7 Å². The maximum atomic E-state index is 8.36. The number of ether oxygens (including phenoxy) is 1. The second kappa shape index (κ2) is 6.99. The van der Waals surface area contributed by atoms with Crippen LogP contribution in [0.4, 0.5) is 0 Å². The van der Waals surface area contributed by atoms with Crippen molar-refractivity contribution in [3.63, 3.8) is 0 Å². The van der Waals surface area contributed by atoms with Crippen molar-refractivity contribution in [1.82, 2.24) is 5.32 Å². The summed E-state index contributed by atoms with van der Waals surface area (Å²) in [5.74, 6) is 0. The van der Waals surface area contributed by atoms with Crippen LogP contribution >= 0.6 is 0 Å². The van der Waals surface area contributed by atoms with Crippen LogP contribution < -0.4 is 5.32 Å². The minimum absolute atomic E-state index is 0.557. The number of nitrogens with one attached hydrogen (secondary N) is 1. The molecule has 1 aromatic rings. The molecule has 0 aliphatic heterocycles. The molecule has 0 spiro atoms. The summed E-state index contributed by atoms with van der Waals surface area (Å²) in [5.41, 5.74) is 2.41. The van der Waals surface area contributed by atoms with E-state index < -0.39 is 0 Å². The fourth-order valence-corrected chi connectivity index (χ4v) is 1.30. The average molecular weight is 204 g/mol. The molecule has 3 nitrogen and oxygen atoms in total. The van der Waals surface area contributed by atoms with Gasteiger partial charge in [0.05, 0.1) is 12.7 Å². The van der Waals surface area contributed by atoms with E-state index in [0.717, 1.165) is 13.1 Å². The van der Waals surface area contributed by atoms with Gasteiger partial charge in [-0.25, -0.2) is 0 Å². The molecular weight excluding hydrogens is 188 g/mol. The number of methoxy groups -OCH3 is 1.